The Morgan fingerprint density at radius 2 is 1.76 bits per heavy atom. The lowest BCUT2D eigenvalue weighted by molar-refractivity contribution is -0.125. The molecule has 1 saturated heterocycles. The summed E-state index contributed by atoms with van der Waals surface area (Å²) in [6, 6.07) is 10.0. The molecule has 1 aliphatic heterocycles. The van der Waals surface area contributed by atoms with Crippen LogP contribution in [0, 0.1) is 0 Å². The highest BCUT2D eigenvalue weighted by molar-refractivity contribution is 6.07. The number of carbonyl (C=O) groups is 2. The third-order valence-electron chi connectivity index (χ3n) is 4.81. The normalized spacial score (nSPS) is 32.0. The highest BCUT2D eigenvalue weighted by atomic mass is 16.2. The number of imide groups is 1. The highest BCUT2D eigenvalue weighted by Gasteiger charge is 2.51. The van der Waals surface area contributed by atoms with E-state index in [0.29, 0.717) is 12.8 Å². The van der Waals surface area contributed by atoms with Crippen molar-refractivity contribution in [3.8, 4) is 0 Å². The third-order valence-corrected chi connectivity index (χ3v) is 4.81. The van der Waals surface area contributed by atoms with Crippen LogP contribution in [0.2, 0.25) is 0 Å². The molecule has 0 unspecified atom stereocenters. The molecule has 0 radical (unpaired) electrons. The second kappa shape index (κ2) is 5.15. The zero-order valence-corrected chi connectivity index (χ0v) is 12.2. The summed E-state index contributed by atoms with van der Waals surface area (Å²) in [5.74, 6) is -0.175. The Morgan fingerprint density at radius 3 is 2.29 bits per heavy atom. The van der Waals surface area contributed by atoms with Gasteiger partial charge in [-0.05, 0) is 37.8 Å². The topological polar surface area (TPSA) is 70.2 Å². The van der Waals surface area contributed by atoms with Crippen LogP contribution in [0.1, 0.15) is 38.2 Å². The molecule has 5 heteroatoms. The quantitative estimate of drug-likeness (QED) is 0.740. The SMILES string of the molecule is CCN[C@]1(c2ccccc2)CC[C@@]2(CC1)NC(=O)NC2=O. The van der Waals surface area contributed by atoms with E-state index in [4.69, 9.17) is 0 Å². The van der Waals surface area contributed by atoms with Crippen molar-refractivity contribution in [2.75, 3.05) is 6.54 Å². The van der Waals surface area contributed by atoms with Gasteiger partial charge in [-0.3, -0.25) is 10.1 Å². The van der Waals surface area contributed by atoms with Gasteiger partial charge in [0.15, 0.2) is 0 Å². The molecule has 3 N–H and O–H groups in total. The molecule has 21 heavy (non-hydrogen) atoms. The predicted octanol–water partition coefficient (Wildman–Crippen LogP) is 1.64. The Morgan fingerprint density at radius 1 is 1.10 bits per heavy atom. The summed E-state index contributed by atoms with van der Waals surface area (Å²) in [6.07, 6.45) is 2.98. The lowest BCUT2D eigenvalue weighted by Gasteiger charge is -2.44. The Bertz CT molecular complexity index is 548. The van der Waals surface area contributed by atoms with Gasteiger partial charge in [-0.15, -0.1) is 0 Å². The van der Waals surface area contributed by atoms with E-state index in [0.717, 1.165) is 19.4 Å². The third kappa shape index (κ3) is 2.31. The van der Waals surface area contributed by atoms with E-state index in [-0.39, 0.29) is 17.5 Å². The van der Waals surface area contributed by atoms with E-state index in [2.05, 4.69) is 35.0 Å². The summed E-state index contributed by atoms with van der Waals surface area (Å²) in [6.45, 7) is 2.97. The summed E-state index contributed by atoms with van der Waals surface area (Å²) < 4.78 is 0. The van der Waals surface area contributed by atoms with E-state index in [1.54, 1.807) is 0 Å². The summed E-state index contributed by atoms with van der Waals surface area (Å²) in [5, 5.41) is 8.79. The zero-order chi connectivity index (χ0) is 14.9. The van der Waals surface area contributed by atoms with E-state index in [9.17, 15) is 9.59 Å². The number of hydrogen-bond acceptors (Lipinski definition) is 3. The standard InChI is InChI=1S/C16H21N3O2/c1-2-17-15(12-6-4-3-5-7-12)8-10-16(11-9-15)13(20)18-14(21)19-16/h3-7,17H,2,8-11H2,1H3,(H2,18,19,20,21)/t15-,16+. The van der Waals surface area contributed by atoms with Gasteiger partial charge in [-0.25, -0.2) is 4.79 Å². The van der Waals surface area contributed by atoms with Gasteiger partial charge in [0, 0.05) is 5.54 Å². The smallest absolute Gasteiger partial charge is 0.322 e. The second-order valence-electron chi connectivity index (χ2n) is 5.97. The van der Waals surface area contributed by atoms with Gasteiger partial charge in [0.1, 0.15) is 5.54 Å². The lowest BCUT2D eigenvalue weighted by Crippen LogP contribution is -2.56. The fraction of sp³-hybridized carbons (Fsp3) is 0.500. The summed E-state index contributed by atoms with van der Waals surface area (Å²) in [7, 11) is 0. The van der Waals surface area contributed by atoms with Crippen molar-refractivity contribution < 1.29 is 9.59 Å². The largest absolute Gasteiger partial charge is 0.323 e. The molecule has 112 valence electrons. The minimum atomic E-state index is -0.704. The minimum Gasteiger partial charge on any atom is -0.323 e. The summed E-state index contributed by atoms with van der Waals surface area (Å²) in [5.41, 5.74) is 0.450. The molecular formula is C16H21N3O2. The van der Waals surface area contributed by atoms with Crippen LogP contribution in [0.5, 0.6) is 0 Å². The molecular weight excluding hydrogens is 266 g/mol. The lowest BCUT2D eigenvalue weighted by atomic mass is 9.69. The van der Waals surface area contributed by atoms with Crippen molar-refractivity contribution in [1.29, 1.82) is 0 Å². The Hall–Kier alpha value is -1.88. The molecule has 0 aromatic heterocycles. The highest BCUT2D eigenvalue weighted by Crippen LogP contribution is 2.42. The minimum absolute atomic E-state index is 0.102. The van der Waals surface area contributed by atoms with Crippen LogP contribution in [-0.2, 0) is 10.3 Å². The first-order chi connectivity index (χ1) is 10.1. The van der Waals surface area contributed by atoms with Crippen molar-refractivity contribution in [1.82, 2.24) is 16.0 Å². The van der Waals surface area contributed by atoms with E-state index >= 15 is 0 Å². The van der Waals surface area contributed by atoms with E-state index in [1.165, 1.54) is 5.56 Å². The van der Waals surface area contributed by atoms with Crippen LogP contribution >= 0.6 is 0 Å². The van der Waals surface area contributed by atoms with Gasteiger partial charge >= 0.3 is 6.03 Å². The predicted molar refractivity (Wildman–Crippen MR) is 79.7 cm³/mol. The molecule has 0 bridgehead atoms. The maximum atomic E-state index is 12.1. The first-order valence-electron chi connectivity index (χ1n) is 7.54. The number of benzene rings is 1. The molecule has 3 rings (SSSR count). The number of nitrogens with one attached hydrogen (secondary N) is 3. The number of hydrogen-bond donors (Lipinski definition) is 3. The van der Waals surface area contributed by atoms with Gasteiger partial charge in [0.2, 0.25) is 0 Å². The van der Waals surface area contributed by atoms with E-state index < -0.39 is 5.54 Å². The fourth-order valence-electron chi connectivity index (χ4n) is 3.65. The van der Waals surface area contributed by atoms with Crippen LogP contribution in [0.3, 0.4) is 0 Å². The Labute approximate surface area is 124 Å². The molecule has 1 aromatic rings. The first-order valence-corrected chi connectivity index (χ1v) is 7.54. The molecule has 1 aliphatic carbocycles. The van der Waals surface area contributed by atoms with Crippen LogP contribution in [0.25, 0.3) is 0 Å². The Kier molecular flexibility index (Phi) is 3.45. The molecule has 1 saturated carbocycles. The Balaban J connectivity index is 1.84. The van der Waals surface area contributed by atoms with Crippen LogP contribution < -0.4 is 16.0 Å². The van der Waals surface area contributed by atoms with Crippen LogP contribution in [0.4, 0.5) is 4.79 Å². The van der Waals surface area contributed by atoms with Gasteiger partial charge < -0.3 is 10.6 Å². The average molecular weight is 287 g/mol. The molecule has 1 spiro atoms. The molecule has 5 nitrogen and oxygen atoms in total. The fourth-order valence-corrected chi connectivity index (χ4v) is 3.65. The zero-order valence-electron chi connectivity index (χ0n) is 12.2. The van der Waals surface area contributed by atoms with Crippen molar-refractivity contribution in [3.05, 3.63) is 35.9 Å². The molecule has 0 atom stereocenters. The van der Waals surface area contributed by atoms with Crippen LogP contribution in [-0.4, -0.2) is 24.0 Å². The molecule has 2 aliphatic rings. The van der Waals surface area contributed by atoms with Crippen molar-refractivity contribution in [2.24, 2.45) is 0 Å². The second-order valence-corrected chi connectivity index (χ2v) is 5.97. The summed E-state index contributed by atoms with van der Waals surface area (Å²) in [4.78, 5) is 23.5. The van der Waals surface area contributed by atoms with Crippen molar-refractivity contribution >= 4 is 11.9 Å². The van der Waals surface area contributed by atoms with Gasteiger partial charge in [-0.2, -0.15) is 0 Å². The van der Waals surface area contributed by atoms with Gasteiger partial charge in [0.25, 0.3) is 5.91 Å². The summed E-state index contributed by atoms with van der Waals surface area (Å²) >= 11 is 0. The number of rotatable bonds is 3. The number of amides is 3. The first kappa shape index (κ1) is 14.1. The van der Waals surface area contributed by atoms with Crippen molar-refractivity contribution in [2.45, 2.75) is 43.7 Å². The molecule has 2 fully saturated rings. The number of carbonyl (C=O) groups excluding carboxylic acids is 2. The maximum absolute atomic E-state index is 12.1. The average Bonchev–Trinajstić information content (AvgIpc) is 2.77. The monoisotopic (exact) mass is 287 g/mol. The van der Waals surface area contributed by atoms with E-state index in [1.807, 2.05) is 18.2 Å². The van der Waals surface area contributed by atoms with Gasteiger partial charge in [0.05, 0.1) is 0 Å². The number of urea groups is 1. The maximum Gasteiger partial charge on any atom is 0.322 e. The van der Waals surface area contributed by atoms with Crippen molar-refractivity contribution in [3.63, 3.8) is 0 Å². The molecule has 1 heterocycles. The molecule has 1 aromatic carbocycles. The molecule has 3 amide bonds. The van der Waals surface area contributed by atoms with Gasteiger partial charge in [-0.1, -0.05) is 37.3 Å². The van der Waals surface area contributed by atoms with Crippen LogP contribution in [0.15, 0.2) is 30.3 Å².